The fourth-order valence-corrected chi connectivity index (χ4v) is 2.22. The lowest BCUT2D eigenvalue weighted by Gasteiger charge is -2.32. The number of rotatable bonds is 5. The lowest BCUT2D eigenvalue weighted by Crippen LogP contribution is -2.53. The normalized spacial score (nSPS) is 17.0. The summed E-state index contributed by atoms with van der Waals surface area (Å²) in [6, 6.07) is 9.89. The van der Waals surface area contributed by atoms with Crippen molar-refractivity contribution in [2.45, 2.75) is 19.4 Å². The monoisotopic (exact) mass is 259 g/mol. The van der Waals surface area contributed by atoms with Crippen molar-refractivity contribution in [1.29, 1.82) is 0 Å². The minimum Gasteiger partial charge on any atom is -0.281 e. The molecule has 0 bridgehead atoms. The summed E-state index contributed by atoms with van der Waals surface area (Å²) >= 11 is 0. The van der Waals surface area contributed by atoms with Crippen LogP contribution >= 0.6 is 0 Å². The van der Waals surface area contributed by atoms with E-state index in [-0.39, 0.29) is 11.8 Å². The van der Waals surface area contributed by atoms with Gasteiger partial charge in [0.05, 0.1) is 13.1 Å². The molecule has 0 aromatic heterocycles. The van der Waals surface area contributed by atoms with Crippen LogP contribution in [0, 0.1) is 6.92 Å². The van der Waals surface area contributed by atoms with Crippen LogP contribution < -0.4 is 0 Å². The molecular weight excluding hydrogens is 240 g/mol. The van der Waals surface area contributed by atoms with Gasteiger partial charge in [-0.25, -0.2) is 0 Å². The number of hydrogen-bond donors (Lipinski definition) is 0. The molecule has 2 rings (SSSR count). The Hall–Kier alpha value is -1.68. The van der Waals surface area contributed by atoms with E-state index in [9.17, 15) is 9.59 Å². The minimum atomic E-state index is -0.0966. The standard InChI is InChI=1S/C15H19N2O2/c1-2-3-9-17-14(18)11-16(12-15(17)19)10-13-7-5-4-6-8-13/h4-8H,1-3,9-12H2. The second kappa shape index (κ2) is 6.48. The lowest BCUT2D eigenvalue weighted by molar-refractivity contribution is -0.151. The van der Waals surface area contributed by atoms with Crippen molar-refractivity contribution in [3.05, 3.63) is 42.8 Å². The van der Waals surface area contributed by atoms with E-state index in [1.165, 1.54) is 4.90 Å². The third kappa shape index (κ3) is 3.64. The van der Waals surface area contributed by atoms with Crippen LogP contribution in [0.25, 0.3) is 0 Å². The summed E-state index contributed by atoms with van der Waals surface area (Å²) < 4.78 is 0. The smallest absolute Gasteiger partial charge is 0.243 e. The molecule has 0 aliphatic carbocycles. The topological polar surface area (TPSA) is 40.6 Å². The number of carbonyl (C=O) groups is 2. The first-order chi connectivity index (χ1) is 9.20. The third-order valence-electron chi connectivity index (χ3n) is 3.20. The molecular formula is C15H19N2O2. The Morgan fingerprint density at radius 2 is 1.68 bits per heavy atom. The SMILES string of the molecule is [CH2]CCCN1C(=O)CN(Cc2ccccc2)CC1=O. The minimum absolute atomic E-state index is 0.0966. The first-order valence-electron chi connectivity index (χ1n) is 6.59. The zero-order chi connectivity index (χ0) is 13.7. The van der Waals surface area contributed by atoms with Crippen molar-refractivity contribution < 1.29 is 9.59 Å². The molecule has 19 heavy (non-hydrogen) atoms. The van der Waals surface area contributed by atoms with Gasteiger partial charge in [0.15, 0.2) is 0 Å². The summed E-state index contributed by atoms with van der Waals surface area (Å²) in [6.45, 7) is 5.51. The highest BCUT2D eigenvalue weighted by Gasteiger charge is 2.30. The van der Waals surface area contributed by atoms with E-state index in [0.29, 0.717) is 26.2 Å². The summed E-state index contributed by atoms with van der Waals surface area (Å²) in [4.78, 5) is 27.2. The van der Waals surface area contributed by atoms with Crippen LogP contribution in [-0.2, 0) is 16.1 Å². The molecule has 1 aromatic rings. The summed E-state index contributed by atoms with van der Waals surface area (Å²) in [6.07, 6.45) is 1.51. The first-order valence-corrected chi connectivity index (χ1v) is 6.59. The summed E-state index contributed by atoms with van der Waals surface area (Å²) in [5, 5.41) is 0. The molecule has 1 aromatic carbocycles. The second-order valence-corrected chi connectivity index (χ2v) is 4.78. The summed E-state index contributed by atoms with van der Waals surface area (Å²) in [5.74, 6) is -0.193. The molecule has 0 spiro atoms. The molecule has 0 N–H and O–H groups in total. The van der Waals surface area contributed by atoms with E-state index in [1.807, 2.05) is 35.2 Å². The van der Waals surface area contributed by atoms with Gasteiger partial charge in [-0.15, -0.1) is 0 Å². The quantitative estimate of drug-likeness (QED) is 0.752. The van der Waals surface area contributed by atoms with Crippen LogP contribution in [0.1, 0.15) is 18.4 Å². The van der Waals surface area contributed by atoms with Crippen LogP contribution in [0.4, 0.5) is 0 Å². The van der Waals surface area contributed by atoms with Crippen LogP contribution in [0.3, 0.4) is 0 Å². The summed E-state index contributed by atoms with van der Waals surface area (Å²) in [7, 11) is 0. The average molecular weight is 259 g/mol. The predicted molar refractivity (Wildman–Crippen MR) is 73.0 cm³/mol. The molecule has 0 saturated carbocycles. The molecule has 1 fully saturated rings. The number of piperazine rings is 1. The van der Waals surface area contributed by atoms with E-state index in [2.05, 4.69) is 6.92 Å². The van der Waals surface area contributed by atoms with Gasteiger partial charge in [0.2, 0.25) is 11.8 Å². The fraction of sp³-hybridized carbons (Fsp3) is 0.400. The number of carbonyl (C=O) groups excluding carboxylic acids is 2. The molecule has 2 amide bonds. The van der Waals surface area contributed by atoms with E-state index in [0.717, 1.165) is 18.4 Å². The van der Waals surface area contributed by atoms with Gasteiger partial charge >= 0.3 is 0 Å². The number of benzene rings is 1. The Morgan fingerprint density at radius 3 is 2.26 bits per heavy atom. The number of amides is 2. The Balaban J connectivity index is 1.94. The Kier molecular flexibility index (Phi) is 4.68. The van der Waals surface area contributed by atoms with Gasteiger partial charge in [-0.05, 0) is 12.0 Å². The molecule has 0 unspecified atom stereocenters. The molecule has 1 radical (unpaired) electrons. The van der Waals surface area contributed by atoms with Crippen LogP contribution in [0.5, 0.6) is 0 Å². The van der Waals surface area contributed by atoms with Gasteiger partial charge in [-0.3, -0.25) is 19.4 Å². The largest absolute Gasteiger partial charge is 0.281 e. The van der Waals surface area contributed by atoms with E-state index in [4.69, 9.17) is 0 Å². The molecule has 1 aliphatic heterocycles. The predicted octanol–water partition coefficient (Wildman–Crippen LogP) is 1.47. The Bertz CT molecular complexity index is 427. The maximum Gasteiger partial charge on any atom is 0.243 e. The van der Waals surface area contributed by atoms with Gasteiger partial charge in [0, 0.05) is 13.1 Å². The Labute approximate surface area is 114 Å². The van der Waals surface area contributed by atoms with Gasteiger partial charge in [0.25, 0.3) is 0 Å². The van der Waals surface area contributed by atoms with E-state index in [1.54, 1.807) is 0 Å². The maximum absolute atomic E-state index is 12.0. The average Bonchev–Trinajstić information content (AvgIpc) is 2.39. The molecule has 0 atom stereocenters. The number of hydrogen-bond acceptors (Lipinski definition) is 3. The maximum atomic E-state index is 12.0. The fourth-order valence-electron chi connectivity index (χ4n) is 2.22. The number of unbranched alkanes of at least 4 members (excludes halogenated alkanes) is 1. The van der Waals surface area contributed by atoms with E-state index < -0.39 is 0 Å². The van der Waals surface area contributed by atoms with E-state index >= 15 is 0 Å². The van der Waals surface area contributed by atoms with Crippen molar-refractivity contribution in [2.75, 3.05) is 19.6 Å². The van der Waals surface area contributed by atoms with Crippen molar-refractivity contribution in [2.24, 2.45) is 0 Å². The molecule has 1 aliphatic rings. The first kappa shape index (κ1) is 13.7. The zero-order valence-electron chi connectivity index (χ0n) is 11.0. The highest BCUT2D eigenvalue weighted by molar-refractivity contribution is 5.99. The van der Waals surface area contributed by atoms with Crippen molar-refractivity contribution in [3.8, 4) is 0 Å². The highest BCUT2D eigenvalue weighted by Crippen LogP contribution is 2.11. The van der Waals surface area contributed by atoms with Crippen molar-refractivity contribution >= 4 is 11.8 Å². The van der Waals surface area contributed by atoms with Gasteiger partial charge < -0.3 is 0 Å². The lowest BCUT2D eigenvalue weighted by atomic mass is 10.2. The van der Waals surface area contributed by atoms with Gasteiger partial charge in [0.1, 0.15) is 0 Å². The molecule has 4 heteroatoms. The van der Waals surface area contributed by atoms with Gasteiger partial charge in [-0.2, -0.15) is 0 Å². The van der Waals surface area contributed by atoms with Crippen molar-refractivity contribution in [3.63, 3.8) is 0 Å². The van der Waals surface area contributed by atoms with Crippen molar-refractivity contribution in [1.82, 2.24) is 9.80 Å². The zero-order valence-corrected chi connectivity index (χ0v) is 11.0. The second-order valence-electron chi connectivity index (χ2n) is 4.78. The van der Waals surface area contributed by atoms with Crippen LogP contribution in [0.2, 0.25) is 0 Å². The summed E-state index contributed by atoms with van der Waals surface area (Å²) in [5.41, 5.74) is 1.12. The molecule has 1 saturated heterocycles. The third-order valence-corrected chi connectivity index (χ3v) is 3.20. The molecule has 4 nitrogen and oxygen atoms in total. The number of imide groups is 1. The van der Waals surface area contributed by atoms with Gasteiger partial charge in [-0.1, -0.05) is 43.7 Å². The van der Waals surface area contributed by atoms with Crippen LogP contribution in [-0.4, -0.2) is 41.2 Å². The van der Waals surface area contributed by atoms with Crippen LogP contribution in [0.15, 0.2) is 30.3 Å². The molecule has 1 heterocycles. The number of nitrogens with zero attached hydrogens (tertiary/aromatic N) is 2. The highest BCUT2D eigenvalue weighted by atomic mass is 16.2. The molecule has 101 valence electrons. The Morgan fingerprint density at radius 1 is 1.05 bits per heavy atom.